The number of aromatic nitrogens is 6. The van der Waals surface area contributed by atoms with Crippen LogP contribution in [0.15, 0.2) is 186 Å². The van der Waals surface area contributed by atoms with Crippen molar-refractivity contribution >= 4 is 21.9 Å². The summed E-state index contributed by atoms with van der Waals surface area (Å²) in [4.78, 5) is 30.3. The molecule has 0 fully saturated rings. The average molecular weight is 707 g/mol. The number of para-hydroxylation sites is 1. The molecule has 55 heavy (non-hydrogen) atoms. The van der Waals surface area contributed by atoms with Crippen LogP contribution in [0.2, 0.25) is 0 Å². The lowest BCUT2D eigenvalue weighted by atomic mass is 9.95. The van der Waals surface area contributed by atoms with Gasteiger partial charge in [-0.05, 0) is 35.4 Å². The van der Waals surface area contributed by atoms with Crippen LogP contribution in [-0.4, -0.2) is 29.9 Å². The minimum atomic E-state index is 0.530. The summed E-state index contributed by atoms with van der Waals surface area (Å²) in [6.07, 6.45) is 0. The Labute approximate surface area is 316 Å². The molecule has 0 saturated carbocycles. The highest BCUT2D eigenvalue weighted by atomic mass is 16.3. The molecular weight excluding hydrogens is 677 g/mol. The van der Waals surface area contributed by atoms with Gasteiger partial charge in [-0.2, -0.15) is 0 Å². The standard InChI is InChI=1S/C48H30N6O/c1-5-15-31(16-6-1)43-49-44(32-17-7-2-8-18-32)52-47(51-43)36-25-27-37(35-26-28-42-39(29-35)38-23-13-14-24-41(38)55-42)40(30-36)48-53-45(33-19-9-3-10-20-33)50-46(54-48)34-21-11-4-12-22-34/h1-30H. The highest BCUT2D eigenvalue weighted by molar-refractivity contribution is 6.06. The molecule has 7 heteroatoms. The van der Waals surface area contributed by atoms with Gasteiger partial charge >= 0.3 is 0 Å². The lowest BCUT2D eigenvalue weighted by Crippen LogP contribution is -2.02. The first-order valence-electron chi connectivity index (χ1n) is 18.0. The van der Waals surface area contributed by atoms with E-state index in [1.54, 1.807) is 0 Å². The molecule has 3 aromatic heterocycles. The van der Waals surface area contributed by atoms with Crippen molar-refractivity contribution in [2.75, 3.05) is 0 Å². The highest BCUT2D eigenvalue weighted by Gasteiger charge is 2.20. The normalized spacial score (nSPS) is 11.3. The summed E-state index contributed by atoms with van der Waals surface area (Å²) >= 11 is 0. The predicted octanol–water partition coefficient (Wildman–Crippen LogP) is 11.6. The molecule has 10 aromatic rings. The fourth-order valence-electron chi connectivity index (χ4n) is 6.88. The van der Waals surface area contributed by atoms with Gasteiger partial charge in [-0.1, -0.05) is 158 Å². The van der Waals surface area contributed by atoms with Crippen LogP contribution < -0.4 is 0 Å². The van der Waals surface area contributed by atoms with Gasteiger partial charge < -0.3 is 4.42 Å². The zero-order chi connectivity index (χ0) is 36.6. The van der Waals surface area contributed by atoms with Crippen LogP contribution in [0.3, 0.4) is 0 Å². The van der Waals surface area contributed by atoms with Gasteiger partial charge in [-0.15, -0.1) is 0 Å². The van der Waals surface area contributed by atoms with Crippen molar-refractivity contribution in [3.05, 3.63) is 182 Å². The van der Waals surface area contributed by atoms with Gasteiger partial charge in [0.15, 0.2) is 34.9 Å². The average Bonchev–Trinajstić information content (AvgIpc) is 3.65. The van der Waals surface area contributed by atoms with E-state index in [2.05, 4.69) is 36.4 Å². The molecule has 7 nitrogen and oxygen atoms in total. The second kappa shape index (κ2) is 13.7. The molecule has 0 aliphatic heterocycles. The maximum atomic E-state index is 6.20. The summed E-state index contributed by atoms with van der Waals surface area (Å²) in [5.74, 6) is 3.40. The quantitative estimate of drug-likeness (QED) is 0.163. The van der Waals surface area contributed by atoms with Gasteiger partial charge in [0.05, 0.1) is 0 Å². The minimum absolute atomic E-state index is 0.530. The maximum Gasteiger partial charge on any atom is 0.164 e. The van der Waals surface area contributed by atoms with Crippen molar-refractivity contribution in [1.82, 2.24) is 29.9 Å². The summed E-state index contributed by atoms with van der Waals surface area (Å²) in [5, 5.41) is 2.09. The first kappa shape index (κ1) is 32.0. The van der Waals surface area contributed by atoms with Gasteiger partial charge in [0.25, 0.3) is 0 Å². The maximum absolute atomic E-state index is 6.20. The second-order valence-electron chi connectivity index (χ2n) is 13.1. The van der Waals surface area contributed by atoms with E-state index in [-0.39, 0.29) is 0 Å². The zero-order valence-electron chi connectivity index (χ0n) is 29.4. The summed E-state index contributed by atoms with van der Waals surface area (Å²) < 4.78 is 6.20. The molecule has 0 atom stereocenters. The Balaban J connectivity index is 1.23. The van der Waals surface area contributed by atoms with E-state index in [4.69, 9.17) is 34.3 Å². The Kier molecular flexibility index (Phi) is 8.00. The van der Waals surface area contributed by atoms with Crippen molar-refractivity contribution < 1.29 is 4.42 Å². The lowest BCUT2D eigenvalue weighted by Gasteiger charge is -2.14. The van der Waals surface area contributed by atoms with Crippen LogP contribution in [0.4, 0.5) is 0 Å². The molecule has 0 unspecified atom stereocenters. The SMILES string of the molecule is c1ccc(-c2nc(-c3ccccc3)nc(-c3ccc(-c4ccc5oc6ccccc6c5c4)c(-c4nc(-c5ccccc5)nc(-c5ccccc5)n4)c3)n2)cc1. The Hall–Kier alpha value is -7.64. The Morgan fingerprint density at radius 2 is 0.655 bits per heavy atom. The third-order valence-electron chi connectivity index (χ3n) is 9.61. The number of hydrogen-bond acceptors (Lipinski definition) is 7. The van der Waals surface area contributed by atoms with Crippen LogP contribution in [0, 0.1) is 0 Å². The van der Waals surface area contributed by atoms with Gasteiger partial charge in [0.2, 0.25) is 0 Å². The Morgan fingerprint density at radius 3 is 1.16 bits per heavy atom. The fourth-order valence-corrected chi connectivity index (χ4v) is 6.88. The first-order valence-corrected chi connectivity index (χ1v) is 18.0. The van der Waals surface area contributed by atoms with Crippen molar-refractivity contribution in [2.24, 2.45) is 0 Å². The monoisotopic (exact) mass is 706 g/mol. The molecule has 3 heterocycles. The zero-order valence-corrected chi connectivity index (χ0v) is 29.4. The summed E-state index contributed by atoms with van der Waals surface area (Å²) in [5.41, 5.74) is 8.81. The molecule has 258 valence electrons. The van der Waals surface area contributed by atoms with E-state index in [9.17, 15) is 0 Å². The van der Waals surface area contributed by atoms with E-state index in [0.717, 1.165) is 66.4 Å². The van der Waals surface area contributed by atoms with Gasteiger partial charge in [-0.25, -0.2) is 29.9 Å². The molecule has 0 saturated heterocycles. The highest BCUT2D eigenvalue weighted by Crippen LogP contribution is 2.39. The van der Waals surface area contributed by atoms with Crippen LogP contribution in [0.1, 0.15) is 0 Å². The molecule has 0 amide bonds. The predicted molar refractivity (Wildman–Crippen MR) is 219 cm³/mol. The number of hydrogen-bond donors (Lipinski definition) is 0. The number of rotatable bonds is 7. The summed E-state index contributed by atoms with van der Waals surface area (Å²) in [6, 6.07) is 60.7. The van der Waals surface area contributed by atoms with Gasteiger partial charge in [0.1, 0.15) is 11.2 Å². The molecule has 0 bridgehead atoms. The van der Waals surface area contributed by atoms with E-state index in [1.165, 1.54) is 0 Å². The van der Waals surface area contributed by atoms with E-state index < -0.39 is 0 Å². The molecule has 0 N–H and O–H groups in total. The van der Waals surface area contributed by atoms with Crippen LogP contribution in [-0.2, 0) is 0 Å². The third-order valence-corrected chi connectivity index (χ3v) is 9.61. The molecule has 0 radical (unpaired) electrons. The number of nitrogens with zero attached hydrogens (tertiary/aromatic N) is 6. The van der Waals surface area contributed by atoms with Crippen LogP contribution >= 0.6 is 0 Å². The van der Waals surface area contributed by atoms with Crippen LogP contribution in [0.25, 0.3) is 101 Å². The number of fused-ring (bicyclic) bond motifs is 3. The molecule has 7 aromatic carbocycles. The Morgan fingerprint density at radius 1 is 0.255 bits per heavy atom. The topological polar surface area (TPSA) is 90.5 Å². The fraction of sp³-hybridized carbons (Fsp3) is 0. The van der Waals surface area contributed by atoms with E-state index in [0.29, 0.717) is 34.9 Å². The van der Waals surface area contributed by atoms with Crippen molar-refractivity contribution in [2.45, 2.75) is 0 Å². The largest absolute Gasteiger partial charge is 0.456 e. The van der Waals surface area contributed by atoms with Crippen molar-refractivity contribution in [3.63, 3.8) is 0 Å². The first-order chi connectivity index (χ1) is 27.2. The summed E-state index contributed by atoms with van der Waals surface area (Å²) in [6.45, 7) is 0. The van der Waals surface area contributed by atoms with Gasteiger partial charge in [0, 0.05) is 44.2 Å². The molecule has 0 aliphatic rings. The lowest BCUT2D eigenvalue weighted by molar-refractivity contribution is 0.669. The second-order valence-corrected chi connectivity index (χ2v) is 13.1. The molecule has 0 aliphatic carbocycles. The number of benzene rings is 7. The van der Waals surface area contributed by atoms with Crippen molar-refractivity contribution in [1.29, 1.82) is 0 Å². The van der Waals surface area contributed by atoms with Crippen LogP contribution in [0.5, 0.6) is 0 Å². The smallest absolute Gasteiger partial charge is 0.164 e. The van der Waals surface area contributed by atoms with E-state index >= 15 is 0 Å². The third kappa shape index (κ3) is 6.19. The van der Waals surface area contributed by atoms with Gasteiger partial charge in [-0.3, -0.25) is 0 Å². The number of furan rings is 1. The molecular formula is C48H30N6O. The van der Waals surface area contributed by atoms with E-state index in [1.807, 2.05) is 146 Å². The Bertz CT molecular complexity index is 2850. The molecule has 0 spiro atoms. The minimum Gasteiger partial charge on any atom is -0.456 e. The summed E-state index contributed by atoms with van der Waals surface area (Å²) in [7, 11) is 0. The van der Waals surface area contributed by atoms with Crippen molar-refractivity contribution in [3.8, 4) is 79.5 Å². The molecule has 10 rings (SSSR count).